The summed E-state index contributed by atoms with van der Waals surface area (Å²) < 4.78 is 18.7. The van der Waals surface area contributed by atoms with Gasteiger partial charge in [-0.15, -0.1) is 0 Å². The van der Waals surface area contributed by atoms with Crippen molar-refractivity contribution in [2.45, 2.75) is 19.4 Å². The summed E-state index contributed by atoms with van der Waals surface area (Å²) in [5.41, 5.74) is 6.56. The summed E-state index contributed by atoms with van der Waals surface area (Å²) in [6.45, 7) is 4.21. The standard InChI is InChI=1S/C18H19ClFN3O3/c1-11(21)22-6-4-17-13(5-7-26-17)10-23-18(25)16(24)9-12-2-3-14(19)15(20)8-12/h2-3,5,7-8,22H,1,4,6,9-10,21H2,(H,23,25). The van der Waals surface area contributed by atoms with Gasteiger partial charge in [-0.1, -0.05) is 24.2 Å². The molecule has 0 radical (unpaired) electrons. The quantitative estimate of drug-likeness (QED) is 0.579. The highest BCUT2D eigenvalue weighted by atomic mass is 35.5. The van der Waals surface area contributed by atoms with Crippen molar-refractivity contribution in [2.24, 2.45) is 5.73 Å². The van der Waals surface area contributed by atoms with Crippen molar-refractivity contribution in [3.63, 3.8) is 0 Å². The first-order valence-corrected chi connectivity index (χ1v) is 8.23. The number of amides is 1. The van der Waals surface area contributed by atoms with Crippen LogP contribution in [0.1, 0.15) is 16.9 Å². The molecule has 1 amide bonds. The molecule has 1 aromatic heterocycles. The Morgan fingerprint density at radius 2 is 2.04 bits per heavy atom. The number of hydrogen-bond acceptors (Lipinski definition) is 5. The molecule has 0 fully saturated rings. The predicted molar refractivity (Wildman–Crippen MR) is 95.7 cm³/mol. The number of nitrogens with one attached hydrogen (secondary N) is 2. The molecule has 26 heavy (non-hydrogen) atoms. The fourth-order valence-corrected chi connectivity index (χ4v) is 2.39. The van der Waals surface area contributed by atoms with E-state index in [1.807, 2.05) is 0 Å². The SMILES string of the molecule is C=C(N)NCCc1occc1CNC(=O)C(=O)Cc1ccc(Cl)c(F)c1. The number of halogens is 2. The van der Waals surface area contributed by atoms with Crippen LogP contribution in [0.15, 0.2) is 47.3 Å². The zero-order valence-electron chi connectivity index (χ0n) is 14.0. The molecule has 1 aromatic carbocycles. The van der Waals surface area contributed by atoms with Gasteiger partial charge < -0.3 is 20.8 Å². The lowest BCUT2D eigenvalue weighted by molar-refractivity contribution is -0.137. The molecule has 4 N–H and O–H groups in total. The molecular weight excluding hydrogens is 361 g/mol. The lowest BCUT2D eigenvalue weighted by atomic mass is 10.1. The molecule has 0 spiro atoms. The molecule has 138 valence electrons. The molecule has 6 nitrogen and oxygen atoms in total. The van der Waals surface area contributed by atoms with E-state index in [0.29, 0.717) is 30.1 Å². The van der Waals surface area contributed by atoms with Gasteiger partial charge in [0.05, 0.1) is 17.1 Å². The average Bonchev–Trinajstić information content (AvgIpc) is 3.03. The predicted octanol–water partition coefficient (Wildman–Crippen LogP) is 2.06. The Hall–Kier alpha value is -2.80. The molecule has 0 bridgehead atoms. The number of benzene rings is 1. The van der Waals surface area contributed by atoms with Crippen molar-refractivity contribution in [1.82, 2.24) is 10.6 Å². The number of hydrogen-bond donors (Lipinski definition) is 3. The smallest absolute Gasteiger partial charge is 0.287 e. The molecular formula is C18H19ClFN3O3. The third kappa shape index (κ3) is 5.63. The molecule has 2 rings (SSSR count). The van der Waals surface area contributed by atoms with Gasteiger partial charge >= 0.3 is 0 Å². The second-order valence-corrected chi connectivity index (χ2v) is 6.01. The minimum atomic E-state index is -0.749. The molecule has 0 unspecified atom stereocenters. The van der Waals surface area contributed by atoms with Crippen LogP contribution in [0.4, 0.5) is 4.39 Å². The van der Waals surface area contributed by atoms with Crippen molar-refractivity contribution >= 4 is 23.3 Å². The zero-order chi connectivity index (χ0) is 19.1. The van der Waals surface area contributed by atoms with Gasteiger partial charge in [0.2, 0.25) is 5.78 Å². The summed E-state index contributed by atoms with van der Waals surface area (Å²) in [5, 5.41) is 5.38. The number of ketones is 1. The van der Waals surface area contributed by atoms with Gasteiger partial charge in [0.1, 0.15) is 11.6 Å². The highest BCUT2D eigenvalue weighted by Gasteiger charge is 2.16. The van der Waals surface area contributed by atoms with Gasteiger partial charge in [-0.25, -0.2) is 4.39 Å². The second kappa shape index (κ2) is 9.05. The lowest BCUT2D eigenvalue weighted by Crippen LogP contribution is -2.32. The van der Waals surface area contributed by atoms with Gasteiger partial charge in [-0.3, -0.25) is 9.59 Å². The Labute approximate surface area is 155 Å². The van der Waals surface area contributed by atoms with Gasteiger partial charge in [0, 0.05) is 31.5 Å². The summed E-state index contributed by atoms with van der Waals surface area (Å²) in [5.74, 6) is -1.02. The van der Waals surface area contributed by atoms with Crippen molar-refractivity contribution in [3.8, 4) is 0 Å². The third-order valence-electron chi connectivity index (χ3n) is 3.58. The minimum absolute atomic E-state index is 0.0363. The van der Waals surface area contributed by atoms with Crippen molar-refractivity contribution in [3.05, 3.63) is 70.7 Å². The topological polar surface area (TPSA) is 97.4 Å². The third-order valence-corrected chi connectivity index (χ3v) is 3.89. The maximum Gasteiger partial charge on any atom is 0.287 e. The number of carbonyl (C=O) groups is 2. The van der Waals surface area contributed by atoms with Crippen LogP contribution in [0.25, 0.3) is 0 Å². The van der Waals surface area contributed by atoms with Crippen molar-refractivity contribution in [1.29, 1.82) is 0 Å². The van der Waals surface area contributed by atoms with Gasteiger partial charge in [0.25, 0.3) is 5.91 Å². The van der Waals surface area contributed by atoms with E-state index in [1.165, 1.54) is 18.4 Å². The highest BCUT2D eigenvalue weighted by Crippen LogP contribution is 2.16. The van der Waals surface area contributed by atoms with E-state index in [4.69, 9.17) is 21.8 Å². The molecule has 0 aliphatic heterocycles. The fourth-order valence-electron chi connectivity index (χ4n) is 2.27. The first-order chi connectivity index (χ1) is 12.4. The summed E-state index contributed by atoms with van der Waals surface area (Å²) >= 11 is 5.59. The van der Waals surface area contributed by atoms with Crippen LogP contribution in [0, 0.1) is 5.82 Å². The van der Waals surface area contributed by atoms with Crippen LogP contribution in [-0.4, -0.2) is 18.2 Å². The number of Topliss-reactive ketones (excluding diaryl/α,β-unsaturated/α-hetero) is 1. The van der Waals surface area contributed by atoms with Crippen LogP contribution in [0.2, 0.25) is 5.02 Å². The Kier molecular flexibility index (Phi) is 6.80. The molecule has 0 aliphatic rings. The van der Waals surface area contributed by atoms with E-state index in [1.54, 1.807) is 6.07 Å². The molecule has 0 saturated carbocycles. The molecule has 0 saturated heterocycles. The van der Waals surface area contributed by atoms with Crippen molar-refractivity contribution in [2.75, 3.05) is 6.54 Å². The van der Waals surface area contributed by atoms with Crippen LogP contribution >= 0.6 is 11.6 Å². The van der Waals surface area contributed by atoms with E-state index in [0.717, 1.165) is 11.6 Å². The van der Waals surface area contributed by atoms with E-state index < -0.39 is 17.5 Å². The largest absolute Gasteiger partial charge is 0.469 e. The molecule has 8 heteroatoms. The first kappa shape index (κ1) is 19.5. The van der Waals surface area contributed by atoms with Gasteiger partial charge in [-0.2, -0.15) is 0 Å². The van der Waals surface area contributed by atoms with Crippen LogP contribution in [-0.2, 0) is 29.0 Å². The van der Waals surface area contributed by atoms with Gasteiger partial charge in [-0.05, 0) is 23.8 Å². The van der Waals surface area contributed by atoms with E-state index in [9.17, 15) is 14.0 Å². The Bertz CT molecular complexity index is 820. The Morgan fingerprint density at radius 1 is 1.27 bits per heavy atom. The summed E-state index contributed by atoms with van der Waals surface area (Å²) in [7, 11) is 0. The zero-order valence-corrected chi connectivity index (χ0v) is 14.7. The second-order valence-electron chi connectivity index (χ2n) is 5.60. The minimum Gasteiger partial charge on any atom is -0.469 e. The number of rotatable bonds is 9. The number of nitrogens with two attached hydrogens (primary N) is 1. The summed E-state index contributed by atoms with van der Waals surface area (Å²) in [6, 6.07) is 5.70. The van der Waals surface area contributed by atoms with Crippen LogP contribution in [0.5, 0.6) is 0 Å². The number of carbonyl (C=O) groups excluding carboxylic acids is 2. The molecule has 0 atom stereocenters. The number of furan rings is 1. The monoisotopic (exact) mass is 379 g/mol. The fraction of sp³-hybridized carbons (Fsp3) is 0.222. The van der Waals surface area contributed by atoms with Crippen molar-refractivity contribution < 1.29 is 18.4 Å². The van der Waals surface area contributed by atoms with E-state index in [-0.39, 0.29) is 18.0 Å². The highest BCUT2D eigenvalue weighted by molar-refractivity contribution is 6.36. The summed E-state index contributed by atoms with van der Waals surface area (Å²) in [6.07, 6.45) is 1.85. The summed E-state index contributed by atoms with van der Waals surface area (Å²) in [4.78, 5) is 23.9. The Morgan fingerprint density at radius 3 is 2.73 bits per heavy atom. The average molecular weight is 380 g/mol. The molecule has 0 aliphatic carbocycles. The first-order valence-electron chi connectivity index (χ1n) is 7.85. The van der Waals surface area contributed by atoms with Crippen LogP contribution < -0.4 is 16.4 Å². The van der Waals surface area contributed by atoms with E-state index >= 15 is 0 Å². The van der Waals surface area contributed by atoms with E-state index in [2.05, 4.69) is 17.2 Å². The lowest BCUT2D eigenvalue weighted by Gasteiger charge is -2.07. The van der Waals surface area contributed by atoms with Crippen LogP contribution in [0.3, 0.4) is 0 Å². The maximum atomic E-state index is 13.4. The molecule has 2 aromatic rings. The maximum absolute atomic E-state index is 13.4. The van der Waals surface area contributed by atoms with Gasteiger partial charge in [0.15, 0.2) is 0 Å². The Balaban J connectivity index is 1.86. The molecule has 1 heterocycles. The normalized spacial score (nSPS) is 10.4.